The van der Waals surface area contributed by atoms with Crippen molar-refractivity contribution in [1.29, 1.82) is 5.26 Å². The van der Waals surface area contributed by atoms with Crippen LogP contribution in [0.15, 0.2) is 42.5 Å². The highest BCUT2D eigenvalue weighted by molar-refractivity contribution is 5.74. The van der Waals surface area contributed by atoms with Gasteiger partial charge in [0.25, 0.3) is 0 Å². The maximum Gasteiger partial charge on any atom is 0.315 e. The maximum absolute atomic E-state index is 13.2. The van der Waals surface area contributed by atoms with Crippen LogP contribution in [0.2, 0.25) is 0 Å². The van der Waals surface area contributed by atoms with Crippen LogP contribution in [-0.2, 0) is 6.54 Å². The maximum atomic E-state index is 13.2. The van der Waals surface area contributed by atoms with Crippen molar-refractivity contribution < 1.29 is 18.7 Å². The number of aliphatic hydroxyl groups excluding tert-OH is 1. The Morgan fingerprint density at radius 3 is 2.68 bits per heavy atom. The molecular weight excluding hydrogens is 328 g/mol. The lowest BCUT2D eigenvalue weighted by molar-refractivity contribution is 0.137. The summed E-state index contributed by atoms with van der Waals surface area (Å²) in [6.07, 6.45) is -1.19. The van der Waals surface area contributed by atoms with Gasteiger partial charge in [-0.25, -0.2) is 13.6 Å². The Morgan fingerprint density at radius 2 is 2.00 bits per heavy atom. The minimum atomic E-state index is -1.19. The van der Waals surface area contributed by atoms with Gasteiger partial charge in [-0.2, -0.15) is 5.26 Å². The Balaban J connectivity index is 1.90. The quantitative estimate of drug-likeness (QED) is 0.779. The van der Waals surface area contributed by atoms with Gasteiger partial charge >= 0.3 is 6.03 Å². The monoisotopic (exact) mass is 345 g/mol. The summed E-state index contributed by atoms with van der Waals surface area (Å²) in [5.41, 5.74) is 1.40. The highest BCUT2D eigenvalue weighted by atomic mass is 19.2. The van der Waals surface area contributed by atoms with E-state index in [-0.39, 0.29) is 12.1 Å². The summed E-state index contributed by atoms with van der Waals surface area (Å²) in [7, 11) is 0. The topological polar surface area (TPSA) is 85.2 Å². The first-order chi connectivity index (χ1) is 11.9. The van der Waals surface area contributed by atoms with Gasteiger partial charge < -0.3 is 15.7 Å². The highest BCUT2D eigenvalue weighted by Gasteiger charge is 2.19. The molecule has 0 fully saturated rings. The second-order valence-corrected chi connectivity index (χ2v) is 5.55. The van der Waals surface area contributed by atoms with Gasteiger partial charge in [-0.15, -0.1) is 0 Å². The number of hydrogen-bond acceptors (Lipinski definition) is 3. The van der Waals surface area contributed by atoms with Gasteiger partial charge in [-0.1, -0.05) is 18.2 Å². The zero-order valence-corrected chi connectivity index (χ0v) is 13.5. The van der Waals surface area contributed by atoms with E-state index in [1.54, 1.807) is 31.2 Å². The number of amides is 2. The number of nitriles is 1. The number of benzene rings is 2. The molecule has 130 valence electrons. The smallest absolute Gasteiger partial charge is 0.315 e. The molecule has 0 aliphatic rings. The molecule has 0 spiro atoms. The number of carbonyl (C=O) groups is 1. The summed E-state index contributed by atoms with van der Waals surface area (Å²) in [5, 5.41) is 24.1. The zero-order chi connectivity index (χ0) is 18.4. The van der Waals surface area contributed by atoms with E-state index in [2.05, 4.69) is 10.6 Å². The number of rotatable bonds is 5. The van der Waals surface area contributed by atoms with Crippen LogP contribution >= 0.6 is 0 Å². The van der Waals surface area contributed by atoms with Crippen molar-refractivity contribution in [3.8, 4) is 6.07 Å². The molecule has 0 heterocycles. The number of urea groups is 1. The van der Waals surface area contributed by atoms with Crippen molar-refractivity contribution in [2.75, 3.05) is 0 Å². The first-order valence-electron chi connectivity index (χ1n) is 7.57. The van der Waals surface area contributed by atoms with E-state index in [0.29, 0.717) is 5.56 Å². The standard InChI is InChI=1S/C18H17F2N3O2/c1-11(17(24)14-5-6-15(19)16(20)8-14)23-18(25)22-10-13-4-2-3-12(7-13)9-21/h2-8,11,17,24H,10H2,1H3,(H2,22,23,25). The predicted molar refractivity (Wildman–Crippen MR) is 87.3 cm³/mol. The summed E-state index contributed by atoms with van der Waals surface area (Å²) in [6, 6.07) is 10.6. The molecule has 0 aliphatic heterocycles. The number of hydrogen-bond donors (Lipinski definition) is 3. The minimum absolute atomic E-state index is 0.161. The van der Waals surface area contributed by atoms with Crippen LogP contribution < -0.4 is 10.6 Å². The van der Waals surface area contributed by atoms with E-state index < -0.39 is 29.8 Å². The normalized spacial score (nSPS) is 12.8. The Hall–Kier alpha value is -2.98. The van der Waals surface area contributed by atoms with Gasteiger partial charge in [-0.05, 0) is 42.3 Å². The van der Waals surface area contributed by atoms with Crippen LogP contribution in [-0.4, -0.2) is 17.2 Å². The Morgan fingerprint density at radius 1 is 1.24 bits per heavy atom. The molecule has 2 unspecified atom stereocenters. The molecule has 2 aromatic carbocycles. The van der Waals surface area contributed by atoms with Gasteiger partial charge in [0, 0.05) is 6.54 Å². The van der Waals surface area contributed by atoms with Crippen LogP contribution in [0.1, 0.15) is 29.7 Å². The summed E-state index contributed by atoms with van der Waals surface area (Å²) >= 11 is 0. The number of aliphatic hydroxyl groups is 1. The lowest BCUT2D eigenvalue weighted by atomic mass is 10.0. The van der Waals surface area contributed by atoms with Crippen molar-refractivity contribution >= 4 is 6.03 Å². The third-order valence-corrected chi connectivity index (χ3v) is 3.63. The molecule has 2 amide bonds. The third-order valence-electron chi connectivity index (χ3n) is 3.63. The van der Waals surface area contributed by atoms with Crippen LogP contribution in [0.25, 0.3) is 0 Å². The molecule has 2 rings (SSSR count). The first kappa shape index (κ1) is 18.4. The van der Waals surface area contributed by atoms with Crippen molar-refractivity contribution in [3.05, 3.63) is 70.8 Å². The Labute approximate surface area is 143 Å². The molecule has 0 saturated heterocycles. The van der Waals surface area contributed by atoms with Crippen molar-refractivity contribution in [3.63, 3.8) is 0 Å². The van der Waals surface area contributed by atoms with E-state index in [1.165, 1.54) is 6.07 Å². The number of nitrogens with zero attached hydrogens (tertiary/aromatic N) is 1. The lowest BCUT2D eigenvalue weighted by Crippen LogP contribution is -2.43. The van der Waals surface area contributed by atoms with Gasteiger partial charge in [0.1, 0.15) is 0 Å². The molecular formula is C18H17F2N3O2. The fourth-order valence-electron chi connectivity index (χ4n) is 2.25. The van der Waals surface area contributed by atoms with Crippen LogP contribution in [0.3, 0.4) is 0 Å². The second-order valence-electron chi connectivity index (χ2n) is 5.55. The largest absolute Gasteiger partial charge is 0.386 e. The van der Waals surface area contributed by atoms with Gasteiger partial charge in [0.2, 0.25) is 0 Å². The summed E-state index contributed by atoms with van der Waals surface area (Å²) in [5.74, 6) is -2.07. The summed E-state index contributed by atoms with van der Waals surface area (Å²) in [6.45, 7) is 1.75. The molecule has 0 aliphatic carbocycles. The molecule has 3 N–H and O–H groups in total. The molecule has 2 atom stereocenters. The van der Waals surface area contributed by atoms with Crippen molar-refractivity contribution in [2.24, 2.45) is 0 Å². The molecule has 25 heavy (non-hydrogen) atoms. The highest BCUT2D eigenvalue weighted by Crippen LogP contribution is 2.19. The minimum Gasteiger partial charge on any atom is -0.386 e. The van der Waals surface area contributed by atoms with E-state index >= 15 is 0 Å². The lowest BCUT2D eigenvalue weighted by Gasteiger charge is -2.21. The summed E-state index contributed by atoms with van der Waals surface area (Å²) < 4.78 is 26.2. The van der Waals surface area contributed by atoms with Crippen LogP contribution in [0, 0.1) is 23.0 Å². The van der Waals surface area contributed by atoms with E-state index in [4.69, 9.17) is 5.26 Å². The molecule has 7 heteroatoms. The van der Waals surface area contributed by atoms with E-state index in [0.717, 1.165) is 17.7 Å². The van der Waals surface area contributed by atoms with Crippen molar-refractivity contribution in [1.82, 2.24) is 10.6 Å². The number of carbonyl (C=O) groups excluding carboxylic acids is 1. The first-order valence-corrected chi connectivity index (χ1v) is 7.57. The zero-order valence-electron chi connectivity index (χ0n) is 13.5. The Kier molecular flexibility index (Phi) is 6.03. The molecule has 0 bridgehead atoms. The predicted octanol–water partition coefficient (Wildman–Crippen LogP) is 2.76. The average molecular weight is 345 g/mol. The van der Waals surface area contributed by atoms with E-state index in [9.17, 15) is 18.7 Å². The Bertz CT molecular complexity index is 805. The number of nitrogens with one attached hydrogen (secondary N) is 2. The van der Waals surface area contributed by atoms with Gasteiger partial charge in [0.15, 0.2) is 11.6 Å². The second kappa shape index (κ2) is 8.22. The fourth-order valence-corrected chi connectivity index (χ4v) is 2.25. The average Bonchev–Trinajstić information content (AvgIpc) is 2.61. The summed E-state index contributed by atoms with van der Waals surface area (Å²) in [4.78, 5) is 11.9. The molecule has 0 radical (unpaired) electrons. The molecule has 0 aromatic heterocycles. The van der Waals surface area contributed by atoms with Gasteiger partial charge in [-0.3, -0.25) is 0 Å². The van der Waals surface area contributed by atoms with Crippen LogP contribution in [0.4, 0.5) is 13.6 Å². The van der Waals surface area contributed by atoms with E-state index in [1.807, 2.05) is 6.07 Å². The fraction of sp³-hybridized carbons (Fsp3) is 0.222. The van der Waals surface area contributed by atoms with Crippen molar-refractivity contribution in [2.45, 2.75) is 25.6 Å². The van der Waals surface area contributed by atoms with Crippen LogP contribution in [0.5, 0.6) is 0 Å². The van der Waals surface area contributed by atoms with Gasteiger partial charge in [0.05, 0.1) is 23.8 Å². The molecule has 0 saturated carbocycles. The number of halogens is 2. The molecule has 2 aromatic rings. The third kappa shape index (κ3) is 4.99. The molecule has 5 nitrogen and oxygen atoms in total. The SMILES string of the molecule is CC(NC(=O)NCc1cccc(C#N)c1)C(O)c1ccc(F)c(F)c1.